The fourth-order valence-corrected chi connectivity index (χ4v) is 4.10. The average molecular weight is 312 g/mol. The smallest absolute Gasteiger partial charge is 0.279 e. The molecule has 5 nitrogen and oxygen atoms in total. The van der Waals surface area contributed by atoms with E-state index in [0.29, 0.717) is 19.5 Å². The van der Waals surface area contributed by atoms with Crippen LogP contribution in [0.15, 0.2) is 24.3 Å². The Kier molecular flexibility index (Phi) is 5.61. The second-order valence-corrected chi connectivity index (χ2v) is 7.16. The lowest BCUT2D eigenvalue weighted by molar-refractivity contribution is 0.265. The summed E-state index contributed by atoms with van der Waals surface area (Å²) in [6.07, 6.45) is 3.67. The number of benzene rings is 1. The number of piperidine rings is 1. The Balaban J connectivity index is 1.86. The Morgan fingerprint density at radius 3 is 2.62 bits per heavy atom. The Bertz CT molecular complexity index is 543. The quantitative estimate of drug-likeness (QED) is 0.873. The Labute approximate surface area is 127 Å². The maximum Gasteiger partial charge on any atom is 0.279 e. The zero-order valence-corrected chi connectivity index (χ0v) is 13.5. The molecule has 0 aliphatic carbocycles. The molecule has 6 heteroatoms. The molecule has 1 saturated heterocycles. The topological polar surface area (TPSA) is 58.6 Å². The molecule has 118 valence electrons. The van der Waals surface area contributed by atoms with E-state index in [-0.39, 0.29) is 6.04 Å². The molecule has 0 aromatic heterocycles. The van der Waals surface area contributed by atoms with Gasteiger partial charge in [0.05, 0.1) is 7.11 Å². The van der Waals surface area contributed by atoms with Gasteiger partial charge in [-0.15, -0.1) is 0 Å². The van der Waals surface area contributed by atoms with Crippen LogP contribution in [0.5, 0.6) is 5.75 Å². The maximum atomic E-state index is 12.3. The van der Waals surface area contributed by atoms with Crippen molar-refractivity contribution < 1.29 is 13.2 Å². The summed E-state index contributed by atoms with van der Waals surface area (Å²) < 4.78 is 34.0. The lowest BCUT2D eigenvalue weighted by Gasteiger charge is -2.32. The van der Waals surface area contributed by atoms with E-state index in [1.54, 1.807) is 11.4 Å². The molecule has 0 spiro atoms. The lowest BCUT2D eigenvalue weighted by atomic mass is 10.1. The molecule has 2 rings (SSSR count). The fraction of sp³-hybridized carbons (Fsp3) is 0.600. The summed E-state index contributed by atoms with van der Waals surface area (Å²) in [6.45, 7) is 3.01. The molecule has 1 aromatic rings. The molecule has 0 bridgehead atoms. The number of rotatable bonds is 6. The van der Waals surface area contributed by atoms with Gasteiger partial charge in [0.15, 0.2) is 0 Å². The van der Waals surface area contributed by atoms with Crippen molar-refractivity contribution in [3.63, 3.8) is 0 Å². The minimum absolute atomic E-state index is 0.0947. The third-order valence-electron chi connectivity index (χ3n) is 3.91. The molecule has 1 N–H and O–H groups in total. The highest BCUT2D eigenvalue weighted by molar-refractivity contribution is 7.87. The highest BCUT2D eigenvalue weighted by atomic mass is 32.2. The van der Waals surface area contributed by atoms with Gasteiger partial charge in [-0.1, -0.05) is 18.6 Å². The number of hydrogen-bond acceptors (Lipinski definition) is 3. The van der Waals surface area contributed by atoms with Crippen LogP contribution in [0.25, 0.3) is 0 Å². The van der Waals surface area contributed by atoms with Crippen LogP contribution in [0.3, 0.4) is 0 Å². The number of hydrogen-bond donors (Lipinski definition) is 1. The van der Waals surface area contributed by atoms with E-state index in [1.165, 1.54) is 0 Å². The second-order valence-electron chi connectivity index (χ2n) is 5.45. The van der Waals surface area contributed by atoms with Crippen molar-refractivity contribution >= 4 is 10.2 Å². The van der Waals surface area contributed by atoms with Gasteiger partial charge >= 0.3 is 0 Å². The summed E-state index contributed by atoms with van der Waals surface area (Å²) in [7, 11) is -1.73. The van der Waals surface area contributed by atoms with Crippen LogP contribution in [0.2, 0.25) is 0 Å². The van der Waals surface area contributed by atoms with E-state index in [1.807, 2.05) is 31.2 Å². The fourth-order valence-electron chi connectivity index (χ4n) is 2.63. The van der Waals surface area contributed by atoms with E-state index >= 15 is 0 Å². The van der Waals surface area contributed by atoms with Crippen LogP contribution in [0, 0.1) is 0 Å². The lowest BCUT2D eigenvalue weighted by Crippen LogP contribution is -2.48. The van der Waals surface area contributed by atoms with Crippen LogP contribution in [-0.2, 0) is 16.6 Å². The molecule has 1 aliphatic rings. The van der Waals surface area contributed by atoms with Gasteiger partial charge in [-0.25, -0.2) is 4.72 Å². The molecule has 1 heterocycles. The second kappa shape index (κ2) is 7.24. The Morgan fingerprint density at radius 2 is 2.00 bits per heavy atom. The summed E-state index contributed by atoms with van der Waals surface area (Å²) in [6, 6.07) is 7.78. The number of nitrogens with zero attached hydrogens (tertiary/aromatic N) is 1. The van der Waals surface area contributed by atoms with Gasteiger partial charge in [-0.2, -0.15) is 12.7 Å². The highest BCUT2D eigenvalue weighted by Crippen LogP contribution is 2.19. The number of ether oxygens (including phenoxy) is 1. The van der Waals surface area contributed by atoms with Crippen molar-refractivity contribution in [3.8, 4) is 5.75 Å². The molecule has 0 amide bonds. The molecule has 1 aromatic carbocycles. The van der Waals surface area contributed by atoms with Gasteiger partial charge in [0, 0.05) is 19.1 Å². The molecule has 0 radical (unpaired) electrons. The molecule has 1 aliphatic heterocycles. The van der Waals surface area contributed by atoms with E-state index in [4.69, 9.17) is 4.74 Å². The number of nitrogens with one attached hydrogen (secondary N) is 1. The Hall–Kier alpha value is -1.11. The largest absolute Gasteiger partial charge is 0.497 e. The van der Waals surface area contributed by atoms with Crippen molar-refractivity contribution in [2.75, 3.05) is 20.2 Å². The van der Waals surface area contributed by atoms with Crippen LogP contribution < -0.4 is 9.46 Å². The zero-order valence-electron chi connectivity index (χ0n) is 12.7. The van der Waals surface area contributed by atoms with Crippen molar-refractivity contribution in [1.29, 1.82) is 0 Å². The minimum Gasteiger partial charge on any atom is -0.497 e. The third kappa shape index (κ3) is 4.43. The molecular weight excluding hydrogens is 288 g/mol. The van der Waals surface area contributed by atoms with Gasteiger partial charge in [-0.3, -0.25) is 0 Å². The van der Waals surface area contributed by atoms with Crippen molar-refractivity contribution in [3.05, 3.63) is 29.8 Å². The van der Waals surface area contributed by atoms with Crippen molar-refractivity contribution in [2.45, 2.75) is 38.6 Å². The first kappa shape index (κ1) is 16.3. The summed E-state index contributed by atoms with van der Waals surface area (Å²) in [5.41, 5.74) is 1.09. The summed E-state index contributed by atoms with van der Waals surface area (Å²) >= 11 is 0. The first-order valence-electron chi connectivity index (χ1n) is 7.42. The summed E-state index contributed by atoms with van der Waals surface area (Å²) in [5.74, 6) is 0.807. The SMILES string of the molecule is COc1ccc(CCNS(=O)(=O)N2CCCCC2C)cc1. The van der Waals surface area contributed by atoms with E-state index in [2.05, 4.69) is 4.72 Å². The summed E-state index contributed by atoms with van der Waals surface area (Å²) in [4.78, 5) is 0. The summed E-state index contributed by atoms with van der Waals surface area (Å²) in [5, 5.41) is 0. The standard InChI is InChI=1S/C15H24N2O3S/c1-13-5-3-4-12-17(13)21(18,19)16-11-10-14-6-8-15(20-2)9-7-14/h6-9,13,16H,3-5,10-12H2,1-2H3. The predicted octanol–water partition coefficient (Wildman–Crippen LogP) is 1.95. The van der Waals surface area contributed by atoms with Gasteiger partial charge in [0.25, 0.3) is 10.2 Å². The van der Waals surface area contributed by atoms with Crippen LogP contribution in [0.4, 0.5) is 0 Å². The van der Waals surface area contributed by atoms with Gasteiger partial charge in [0.2, 0.25) is 0 Å². The van der Waals surface area contributed by atoms with Gasteiger partial charge < -0.3 is 4.74 Å². The van der Waals surface area contributed by atoms with Crippen LogP contribution in [0.1, 0.15) is 31.7 Å². The molecule has 1 atom stereocenters. The van der Waals surface area contributed by atoms with Gasteiger partial charge in [0.1, 0.15) is 5.75 Å². The van der Waals surface area contributed by atoms with E-state index in [0.717, 1.165) is 30.6 Å². The molecule has 1 fully saturated rings. The van der Waals surface area contributed by atoms with Crippen LogP contribution >= 0.6 is 0 Å². The first-order chi connectivity index (χ1) is 10.0. The predicted molar refractivity (Wildman–Crippen MR) is 83.6 cm³/mol. The highest BCUT2D eigenvalue weighted by Gasteiger charge is 2.28. The number of methoxy groups -OCH3 is 1. The van der Waals surface area contributed by atoms with Gasteiger partial charge in [-0.05, 0) is 43.9 Å². The van der Waals surface area contributed by atoms with Crippen molar-refractivity contribution in [1.82, 2.24) is 9.03 Å². The third-order valence-corrected chi connectivity index (χ3v) is 5.64. The Morgan fingerprint density at radius 1 is 1.29 bits per heavy atom. The van der Waals surface area contributed by atoms with Crippen molar-refractivity contribution in [2.24, 2.45) is 0 Å². The van der Waals surface area contributed by atoms with E-state index < -0.39 is 10.2 Å². The normalized spacial score (nSPS) is 20.4. The molecule has 1 unspecified atom stereocenters. The minimum atomic E-state index is -3.36. The first-order valence-corrected chi connectivity index (χ1v) is 8.86. The van der Waals surface area contributed by atoms with E-state index in [9.17, 15) is 8.42 Å². The average Bonchev–Trinajstić information content (AvgIpc) is 2.48. The molecule has 0 saturated carbocycles. The monoisotopic (exact) mass is 312 g/mol. The zero-order chi connectivity index (χ0) is 15.3. The van der Waals surface area contributed by atoms with Crippen LogP contribution in [-0.4, -0.2) is 39.0 Å². The maximum absolute atomic E-state index is 12.3. The molecule has 21 heavy (non-hydrogen) atoms. The molecular formula is C15H24N2O3S.